The summed E-state index contributed by atoms with van der Waals surface area (Å²) in [5.41, 5.74) is 6.97. The van der Waals surface area contributed by atoms with Gasteiger partial charge in [-0.3, -0.25) is 14.7 Å². The Kier molecular flexibility index (Phi) is 3.68. The van der Waals surface area contributed by atoms with Crippen LogP contribution in [0.25, 0.3) is 11.3 Å². The number of nitro benzene ring substituents is 1. The molecule has 0 saturated heterocycles. The Balaban J connectivity index is 1.93. The number of benzene rings is 1. The monoisotopic (exact) mass is 317 g/mol. The van der Waals surface area contributed by atoms with E-state index in [1.54, 1.807) is 6.20 Å². The molecule has 11 nitrogen and oxygen atoms in total. The fraction of sp³-hybridized carbons (Fsp3) is 0.167. The quantitative estimate of drug-likeness (QED) is 0.391. The van der Waals surface area contributed by atoms with Gasteiger partial charge in [-0.1, -0.05) is 5.21 Å². The van der Waals surface area contributed by atoms with E-state index in [2.05, 4.69) is 20.1 Å². The van der Waals surface area contributed by atoms with Crippen LogP contribution in [0.5, 0.6) is 0 Å². The zero-order valence-corrected chi connectivity index (χ0v) is 11.7. The number of non-ortho nitro benzene ring substituents is 1. The lowest BCUT2D eigenvalue weighted by Crippen LogP contribution is -2.29. The van der Waals surface area contributed by atoms with Crippen molar-refractivity contribution in [3.8, 4) is 11.3 Å². The van der Waals surface area contributed by atoms with Gasteiger partial charge in [0.1, 0.15) is 6.54 Å². The van der Waals surface area contributed by atoms with Crippen LogP contribution in [0.3, 0.4) is 0 Å². The molecule has 118 valence electrons. The van der Waals surface area contributed by atoms with Gasteiger partial charge >= 0.3 is 0 Å². The van der Waals surface area contributed by atoms with E-state index in [-0.39, 0.29) is 35.1 Å². The smallest absolute Gasteiger partial charge is 0.269 e. The Morgan fingerprint density at radius 3 is 2.70 bits per heavy atom. The Hall–Kier alpha value is -3.34. The molecule has 1 aromatic carbocycles. The van der Waals surface area contributed by atoms with Crippen LogP contribution in [0, 0.1) is 15.3 Å². The number of nitrogens with zero attached hydrogens (tertiary/aromatic N) is 6. The van der Waals surface area contributed by atoms with Crippen molar-refractivity contribution in [1.29, 1.82) is 0 Å². The minimum absolute atomic E-state index is 0.0577. The fourth-order valence-corrected chi connectivity index (χ4v) is 2.02. The lowest BCUT2D eigenvalue weighted by Gasteiger charge is -1.99. The summed E-state index contributed by atoms with van der Waals surface area (Å²) in [7, 11) is 0. The van der Waals surface area contributed by atoms with Crippen LogP contribution < -0.4 is 10.6 Å². The Labute approximate surface area is 128 Å². The van der Waals surface area contributed by atoms with Crippen LogP contribution in [-0.4, -0.2) is 25.1 Å². The number of nitro groups is 1. The molecule has 2 heterocycles. The van der Waals surface area contributed by atoms with Crippen LogP contribution in [0.4, 0.5) is 5.69 Å². The summed E-state index contributed by atoms with van der Waals surface area (Å²) < 4.78 is 6.05. The highest BCUT2D eigenvalue weighted by Gasteiger charge is 2.22. The average Bonchev–Trinajstić information content (AvgIpc) is 3.15. The molecular formula is C12H11N7O4. The molecule has 0 bridgehead atoms. The lowest BCUT2D eigenvalue weighted by molar-refractivity contribution is -0.808. The highest BCUT2D eigenvalue weighted by Crippen LogP contribution is 2.23. The van der Waals surface area contributed by atoms with E-state index in [0.717, 1.165) is 0 Å². The predicted molar refractivity (Wildman–Crippen MR) is 74.6 cm³/mol. The fourth-order valence-electron chi connectivity index (χ4n) is 2.02. The minimum Gasteiger partial charge on any atom is -0.359 e. The maximum absolute atomic E-state index is 11.8. The second kappa shape index (κ2) is 5.81. The number of rotatable bonds is 5. The van der Waals surface area contributed by atoms with Crippen LogP contribution in [0.15, 0.2) is 35.1 Å². The Bertz CT molecular complexity index is 839. The summed E-state index contributed by atoms with van der Waals surface area (Å²) >= 11 is 0. The summed E-state index contributed by atoms with van der Waals surface area (Å²) in [5.74, 6) is 0. The first-order chi connectivity index (χ1) is 11.1. The van der Waals surface area contributed by atoms with Crippen molar-refractivity contribution >= 4 is 5.69 Å². The molecule has 3 aromatic rings. The van der Waals surface area contributed by atoms with Crippen LogP contribution >= 0.6 is 0 Å². The Morgan fingerprint density at radius 1 is 1.35 bits per heavy atom. The van der Waals surface area contributed by atoms with Crippen LogP contribution in [0.1, 0.15) is 11.4 Å². The van der Waals surface area contributed by atoms with E-state index < -0.39 is 4.92 Å². The number of nitrogens with two attached hydrogens (primary N) is 1. The van der Waals surface area contributed by atoms with Gasteiger partial charge in [-0.05, 0) is 17.0 Å². The van der Waals surface area contributed by atoms with Crippen molar-refractivity contribution in [2.24, 2.45) is 5.73 Å². The molecule has 2 N–H and O–H groups in total. The normalized spacial score (nSPS) is 10.8. The number of hydrogen-bond donors (Lipinski definition) is 1. The third-order valence-corrected chi connectivity index (χ3v) is 3.16. The first-order valence-electron chi connectivity index (χ1n) is 6.51. The molecule has 23 heavy (non-hydrogen) atoms. The first-order valence-corrected chi connectivity index (χ1v) is 6.51. The highest BCUT2D eigenvalue weighted by atomic mass is 16.8. The number of aromatic nitrogens is 5. The van der Waals surface area contributed by atoms with Crippen molar-refractivity contribution in [2.75, 3.05) is 0 Å². The third kappa shape index (κ3) is 2.85. The zero-order chi connectivity index (χ0) is 16.4. The zero-order valence-electron chi connectivity index (χ0n) is 11.7. The van der Waals surface area contributed by atoms with E-state index in [4.69, 9.17) is 5.73 Å². The molecule has 0 amide bonds. The summed E-state index contributed by atoms with van der Waals surface area (Å²) in [6.45, 7) is 0.308. The third-order valence-electron chi connectivity index (χ3n) is 3.16. The second-order valence-electron chi connectivity index (χ2n) is 4.64. The predicted octanol–water partition coefficient (Wildman–Crippen LogP) is -0.0183. The summed E-state index contributed by atoms with van der Waals surface area (Å²) in [4.78, 5) is 10.4. The standard InChI is InChI=1S/C12H11N7O4/c13-5-9-6-17(16-14-9)7-11-12(15-23-19(11)22)8-1-3-10(4-2-8)18(20)21/h1-4,6H,5,7,13H2. The van der Waals surface area contributed by atoms with E-state index in [1.807, 2.05) is 0 Å². The van der Waals surface area contributed by atoms with Crippen molar-refractivity contribution in [2.45, 2.75) is 13.1 Å². The van der Waals surface area contributed by atoms with Crippen LogP contribution in [-0.2, 0) is 13.1 Å². The topological polar surface area (TPSA) is 153 Å². The van der Waals surface area contributed by atoms with E-state index in [0.29, 0.717) is 11.3 Å². The van der Waals surface area contributed by atoms with Gasteiger partial charge in [-0.2, -0.15) is 0 Å². The van der Waals surface area contributed by atoms with Gasteiger partial charge in [-0.15, -0.1) is 5.10 Å². The maximum atomic E-state index is 11.8. The van der Waals surface area contributed by atoms with E-state index in [1.165, 1.54) is 28.9 Å². The molecule has 0 spiro atoms. The molecule has 3 rings (SSSR count). The molecule has 0 radical (unpaired) electrons. The van der Waals surface area contributed by atoms with Crippen molar-refractivity contribution in [3.63, 3.8) is 0 Å². The average molecular weight is 317 g/mol. The maximum Gasteiger partial charge on any atom is 0.269 e. The molecule has 0 aliphatic carbocycles. The molecule has 0 unspecified atom stereocenters. The minimum atomic E-state index is -0.509. The van der Waals surface area contributed by atoms with Crippen LogP contribution in [0.2, 0.25) is 0 Å². The molecule has 0 saturated carbocycles. The molecule has 0 aliphatic rings. The van der Waals surface area contributed by atoms with Crippen molar-refractivity contribution in [1.82, 2.24) is 20.2 Å². The van der Waals surface area contributed by atoms with Gasteiger partial charge in [-0.25, -0.2) is 4.68 Å². The van der Waals surface area contributed by atoms with E-state index in [9.17, 15) is 15.3 Å². The molecule has 0 fully saturated rings. The van der Waals surface area contributed by atoms with Gasteiger partial charge in [0.25, 0.3) is 11.4 Å². The molecular weight excluding hydrogens is 306 g/mol. The largest absolute Gasteiger partial charge is 0.359 e. The van der Waals surface area contributed by atoms with Gasteiger partial charge in [0.15, 0.2) is 0 Å². The molecule has 11 heteroatoms. The molecule has 0 atom stereocenters. The summed E-state index contributed by atoms with van der Waals surface area (Å²) in [5, 5.41) is 33.8. The van der Waals surface area contributed by atoms with Gasteiger partial charge in [0, 0.05) is 29.4 Å². The lowest BCUT2D eigenvalue weighted by atomic mass is 10.1. The van der Waals surface area contributed by atoms with Gasteiger partial charge in [0.2, 0.25) is 5.69 Å². The van der Waals surface area contributed by atoms with E-state index >= 15 is 0 Å². The summed E-state index contributed by atoms with van der Waals surface area (Å²) in [6.07, 6.45) is 1.60. The highest BCUT2D eigenvalue weighted by molar-refractivity contribution is 5.61. The molecule has 2 aromatic heterocycles. The van der Waals surface area contributed by atoms with Gasteiger partial charge in [0.05, 0.1) is 16.8 Å². The molecule has 0 aliphatic heterocycles. The Morgan fingerprint density at radius 2 is 2.09 bits per heavy atom. The van der Waals surface area contributed by atoms with Crippen molar-refractivity contribution in [3.05, 3.63) is 57.2 Å². The SMILES string of the molecule is NCc1cn(Cc2c(-c3ccc([N+](=O)[O-])cc3)no[n+]2[O-])nn1. The second-order valence-corrected chi connectivity index (χ2v) is 4.64. The van der Waals surface area contributed by atoms with Gasteiger partial charge < -0.3 is 10.9 Å². The number of hydrogen-bond acceptors (Lipinski definition) is 8. The summed E-state index contributed by atoms with van der Waals surface area (Å²) in [6, 6.07) is 5.63. The van der Waals surface area contributed by atoms with Crippen molar-refractivity contribution < 1.29 is 14.5 Å². The first kappa shape index (κ1) is 14.6.